The van der Waals surface area contributed by atoms with Crippen LogP contribution in [0, 0.1) is 5.82 Å². The molecular weight excluding hydrogens is 297 g/mol. The highest BCUT2D eigenvalue weighted by atomic mass is 32.2. The van der Waals surface area contributed by atoms with Gasteiger partial charge >= 0.3 is 0 Å². The Bertz CT molecular complexity index is 381. The van der Waals surface area contributed by atoms with E-state index in [1.165, 1.54) is 6.07 Å². The van der Waals surface area contributed by atoms with Crippen molar-refractivity contribution >= 4 is 29.2 Å². The average Bonchev–Trinajstić information content (AvgIpc) is 2.48. The Kier molecular flexibility index (Phi) is 7.57. The van der Waals surface area contributed by atoms with Crippen LogP contribution in [0.3, 0.4) is 0 Å². The summed E-state index contributed by atoms with van der Waals surface area (Å²) >= 11 is 3.62. The van der Waals surface area contributed by atoms with Crippen molar-refractivity contribution in [1.82, 2.24) is 0 Å². The molecule has 0 saturated carbocycles. The molecule has 1 aliphatic rings. The minimum Gasteiger partial charge on any atom is -0.378 e. The first-order chi connectivity index (χ1) is 9.86. The Labute approximate surface area is 128 Å². The smallest absolute Gasteiger partial charge is 0.125 e. The molecule has 1 aliphatic heterocycles. The zero-order valence-electron chi connectivity index (χ0n) is 11.4. The van der Waals surface area contributed by atoms with Crippen LogP contribution in [0.1, 0.15) is 0 Å². The predicted molar refractivity (Wildman–Crippen MR) is 85.2 cm³/mol. The summed E-state index contributed by atoms with van der Waals surface area (Å²) in [7, 11) is 0. The number of ether oxygens (including phenoxy) is 2. The van der Waals surface area contributed by atoms with Gasteiger partial charge in [-0.2, -0.15) is 0 Å². The van der Waals surface area contributed by atoms with Crippen molar-refractivity contribution in [2.75, 3.05) is 54.6 Å². The van der Waals surface area contributed by atoms with Crippen LogP contribution in [0.25, 0.3) is 0 Å². The van der Waals surface area contributed by atoms with Crippen molar-refractivity contribution in [3.8, 4) is 0 Å². The van der Waals surface area contributed by atoms with Crippen LogP contribution in [-0.2, 0) is 9.47 Å². The molecule has 6 heteroatoms. The number of hydrogen-bond acceptors (Lipinski definition) is 5. The molecule has 20 heavy (non-hydrogen) atoms. The summed E-state index contributed by atoms with van der Waals surface area (Å²) in [6.45, 7) is 2.80. The zero-order chi connectivity index (χ0) is 14.0. The van der Waals surface area contributed by atoms with Crippen molar-refractivity contribution in [1.29, 1.82) is 0 Å². The molecule has 112 valence electrons. The van der Waals surface area contributed by atoms with E-state index in [9.17, 15) is 4.39 Å². The molecule has 3 nitrogen and oxygen atoms in total. The number of thioether (sulfide) groups is 2. The van der Waals surface area contributed by atoms with E-state index >= 15 is 0 Å². The van der Waals surface area contributed by atoms with Crippen LogP contribution < -0.4 is 4.90 Å². The molecule has 1 heterocycles. The minimum atomic E-state index is -0.188. The van der Waals surface area contributed by atoms with Gasteiger partial charge in [0.15, 0.2) is 0 Å². The molecule has 1 aromatic rings. The highest BCUT2D eigenvalue weighted by Crippen LogP contribution is 2.21. The molecule has 0 N–H and O–H groups in total. The fourth-order valence-corrected chi connectivity index (χ4v) is 3.53. The summed E-state index contributed by atoms with van der Waals surface area (Å²) in [5.41, 5.74) is 0.932. The summed E-state index contributed by atoms with van der Waals surface area (Å²) in [6, 6.07) is 6.78. The third-order valence-electron chi connectivity index (χ3n) is 2.78. The molecule has 1 aromatic carbocycles. The highest BCUT2D eigenvalue weighted by molar-refractivity contribution is 8.00. The van der Waals surface area contributed by atoms with Crippen LogP contribution in [-0.4, -0.2) is 49.7 Å². The Hall–Kier alpha value is -0.430. The van der Waals surface area contributed by atoms with Gasteiger partial charge in [-0.25, -0.2) is 4.39 Å². The summed E-state index contributed by atoms with van der Waals surface area (Å²) < 4.78 is 24.3. The van der Waals surface area contributed by atoms with Gasteiger partial charge in [-0.1, -0.05) is 6.07 Å². The lowest BCUT2D eigenvalue weighted by Gasteiger charge is -2.24. The first kappa shape index (κ1) is 15.9. The Morgan fingerprint density at radius 2 is 1.60 bits per heavy atom. The number of hydrogen-bond donors (Lipinski definition) is 0. The standard InChI is InChI=1S/C14H20FNO2S2/c15-13-2-1-3-14(10-13)16-11-19-8-6-17-4-5-18-7-9-20-12-16/h1-3,10H,4-9,11-12H2. The number of rotatable bonds is 1. The largest absolute Gasteiger partial charge is 0.378 e. The van der Waals surface area contributed by atoms with E-state index in [4.69, 9.17) is 9.47 Å². The summed E-state index contributed by atoms with van der Waals surface area (Å²) in [5, 5.41) is 0. The SMILES string of the molecule is Fc1cccc(N2CSCCOCCOCCSC2)c1. The molecule has 0 aliphatic carbocycles. The predicted octanol–water partition coefficient (Wildman–Crippen LogP) is 3.06. The van der Waals surface area contributed by atoms with Crippen LogP contribution in [0.5, 0.6) is 0 Å². The van der Waals surface area contributed by atoms with Gasteiger partial charge in [0.25, 0.3) is 0 Å². The van der Waals surface area contributed by atoms with Crippen LogP contribution in [0.15, 0.2) is 24.3 Å². The van der Waals surface area contributed by atoms with Gasteiger partial charge in [0.05, 0.1) is 38.2 Å². The van der Waals surface area contributed by atoms with Gasteiger partial charge in [-0.05, 0) is 18.2 Å². The number of halogens is 1. The van der Waals surface area contributed by atoms with Gasteiger partial charge in [-0.15, -0.1) is 23.5 Å². The molecule has 0 atom stereocenters. The fourth-order valence-electron chi connectivity index (χ4n) is 1.77. The molecule has 0 spiro atoms. The second kappa shape index (κ2) is 9.50. The third kappa shape index (κ3) is 5.91. The monoisotopic (exact) mass is 317 g/mol. The van der Waals surface area contributed by atoms with Crippen LogP contribution in [0.2, 0.25) is 0 Å². The maximum absolute atomic E-state index is 13.3. The van der Waals surface area contributed by atoms with E-state index in [-0.39, 0.29) is 5.82 Å². The third-order valence-corrected chi connectivity index (χ3v) is 4.68. The molecule has 1 fully saturated rings. The molecular formula is C14H20FNO2S2. The number of benzene rings is 1. The first-order valence-corrected chi connectivity index (χ1v) is 8.99. The lowest BCUT2D eigenvalue weighted by atomic mass is 10.3. The van der Waals surface area contributed by atoms with E-state index in [1.54, 1.807) is 12.1 Å². The van der Waals surface area contributed by atoms with Crippen molar-refractivity contribution < 1.29 is 13.9 Å². The maximum Gasteiger partial charge on any atom is 0.125 e. The van der Waals surface area contributed by atoms with Crippen LogP contribution in [0.4, 0.5) is 10.1 Å². The Morgan fingerprint density at radius 3 is 2.20 bits per heavy atom. The Balaban J connectivity index is 1.92. The maximum atomic E-state index is 13.3. The first-order valence-electron chi connectivity index (χ1n) is 6.68. The van der Waals surface area contributed by atoms with E-state index in [1.807, 2.05) is 29.6 Å². The van der Waals surface area contributed by atoms with E-state index in [0.717, 1.165) is 42.2 Å². The molecule has 2 rings (SSSR count). The zero-order valence-corrected chi connectivity index (χ0v) is 13.1. The summed E-state index contributed by atoms with van der Waals surface area (Å²) in [6.07, 6.45) is 0. The van der Waals surface area contributed by atoms with Crippen molar-refractivity contribution in [3.63, 3.8) is 0 Å². The minimum absolute atomic E-state index is 0.188. The fraction of sp³-hybridized carbons (Fsp3) is 0.571. The van der Waals surface area contributed by atoms with E-state index in [2.05, 4.69) is 4.90 Å². The number of nitrogens with zero attached hydrogens (tertiary/aromatic N) is 1. The lowest BCUT2D eigenvalue weighted by Crippen LogP contribution is -2.23. The van der Waals surface area contributed by atoms with Gasteiger partial charge < -0.3 is 14.4 Å². The van der Waals surface area contributed by atoms with E-state index < -0.39 is 0 Å². The Morgan fingerprint density at radius 1 is 0.950 bits per heavy atom. The summed E-state index contributed by atoms with van der Waals surface area (Å²) in [5.74, 6) is 3.39. The van der Waals surface area contributed by atoms with Crippen LogP contribution >= 0.6 is 23.5 Å². The number of anilines is 1. The highest BCUT2D eigenvalue weighted by Gasteiger charge is 2.08. The normalized spacial score (nSPS) is 19.8. The summed E-state index contributed by atoms with van der Waals surface area (Å²) in [4.78, 5) is 2.19. The van der Waals surface area contributed by atoms with Gasteiger partial charge in [-0.3, -0.25) is 0 Å². The molecule has 0 amide bonds. The average molecular weight is 317 g/mol. The second-order valence-electron chi connectivity index (χ2n) is 4.32. The van der Waals surface area contributed by atoms with Crippen molar-refractivity contribution in [2.45, 2.75) is 0 Å². The van der Waals surface area contributed by atoms with Gasteiger partial charge in [0, 0.05) is 17.2 Å². The van der Waals surface area contributed by atoms with E-state index in [0.29, 0.717) is 13.2 Å². The lowest BCUT2D eigenvalue weighted by molar-refractivity contribution is 0.0605. The molecule has 0 aromatic heterocycles. The quantitative estimate of drug-likeness (QED) is 0.791. The molecule has 0 unspecified atom stereocenters. The van der Waals surface area contributed by atoms with Gasteiger partial charge in [0.2, 0.25) is 0 Å². The van der Waals surface area contributed by atoms with Gasteiger partial charge in [0.1, 0.15) is 5.82 Å². The molecule has 0 bridgehead atoms. The molecule has 0 radical (unpaired) electrons. The topological polar surface area (TPSA) is 21.7 Å². The van der Waals surface area contributed by atoms with Crippen molar-refractivity contribution in [2.24, 2.45) is 0 Å². The second-order valence-corrected chi connectivity index (χ2v) is 6.47. The molecule has 1 saturated heterocycles. The van der Waals surface area contributed by atoms with Crippen molar-refractivity contribution in [3.05, 3.63) is 30.1 Å².